The molecule has 3 heterocycles. The van der Waals surface area contributed by atoms with Gasteiger partial charge in [-0.2, -0.15) is 0 Å². The van der Waals surface area contributed by atoms with Crippen molar-refractivity contribution in [1.82, 2.24) is 4.57 Å². The number of para-hydroxylation sites is 2. The van der Waals surface area contributed by atoms with E-state index in [1.165, 1.54) is 22.3 Å². The molecule has 3 nitrogen and oxygen atoms in total. The molecular formula is C115H92BN3. The van der Waals surface area contributed by atoms with Crippen molar-refractivity contribution in [3.05, 3.63) is 433 Å². The lowest BCUT2D eigenvalue weighted by molar-refractivity contribution is 0.590. The second-order valence-electron chi connectivity index (χ2n) is 35.3. The standard InChI is InChI=1S/C115H92BN3/c1-112(2,3)85-51-34-48-81(65-85)83-68-106-109-107(69-83)119(111-97(78-43-22-13-23-44-78)72-88(114(7,8)9)73-98(111)79-45-24-14-25-46-79)105-74-89(117-102-59-32-29-54-92(102)93-55-30-33-60-103(93)117)62-64-101(105)116(109)100-63-61-82(67-104(100)118(106)110-95(76-39-18-11-19-40-76)70-87(113(4,5)6)71-96(110)77-41-20-12-21-42-77)90-56-36-57-94-91-53-28-31-58-99(91)115(108(90)94,84-49-26-15-27-50-84)86-52-35-47-80(66-86)75-37-16-10-17-38-75/h10-74H,1-9H3/i29D,30D,32D,33D,54D,55D,59D,60D. The number of hydrogen-bond acceptors (Lipinski definition) is 2. The molecule has 18 aromatic rings. The van der Waals surface area contributed by atoms with Crippen LogP contribution < -0.4 is 26.2 Å². The van der Waals surface area contributed by atoms with Gasteiger partial charge in [-0.05, 0) is 211 Å². The van der Waals surface area contributed by atoms with Gasteiger partial charge in [0.15, 0.2) is 0 Å². The van der Waals surface area contributed by atoms with Gasteiger partial charge in [-0.25, -0.2) is 0 Å². The van der Waals surface area contributed by atoms with Gasteiger partial charge in [0.1, 0.15) is 0 Å². The molecule has 0 bridgehead atoms. The van der Waals surface area contributed by atoms with Gasteiger partial charge in [-0.3, -0.25) is 0 Å². The van der Waals surface area contributed by atoms with Crippen molar-refractivity contribution < 1.29 is 11.0 Å². The zero-order valence-electron chi connectivity index (χ0n) is 76.3. The molecule has 2 aliphatic heterocycles. The van der Waals surface area contributed by atoms with E-state index in [9.17, 15) is 11.0 Å². The Morgan fingerprint density at radius 3 is 1.18 bits per heavy atom. The third-order valence-electron chi connectivity index (χ3n) is 25.1. The Kier molecular flexibility index (Phi) is 15.3. The van der Waals surface area contributed by atoms with Crippen LogP contribution in [0.2, 0.25) is 0 Å². The van der Waals surface area contributed by atoms with Gasteiger partial charge in [-0.15, -0.1) is 0 Å². The Bertz CT molecular complexity index is 7340. The van der Waals surface area contributed by atoms with Gasteiger partial charge in [-0.1, -0.05) is 384 Å². The highest BCUT2D eigenvalue weighted by Crippen LogP contribution is 2.61. The van der Waals surface area contributed by atoms with Crippen LogP contribution in [0.1, 0.15) is 112 Å². The van der Waals surface area contributed by atoms with E-state index in [0.717, 1.165) is 156 Å². The number of aromatic nitrogens is 1. The van der Waals surface area contributed by atoms with E-state index in [0.29, 0.717) is 5.69 Å². The van der Waals surface area contributed by atoms with Crippen LogP contribution in [0.5, 0.6) is 0 Å². The molecule has 570 valence electrons. The molecule has 21 rings (SSSR count). The highest BCUT2D eigenvalue weighted by atomic mass is 15.2. The molecule has 0 fully saturated rings. The van der Waals surface area contributed by atoms with Crippen LogP contribution in [0.25, 0.3) is 117 Å². The summed E-state index contributed by atoms with van der Waals surface area (Å²) in [5, 5.41) is 0.00412. The minimum atomic E-state index is -0.850. The molecule has 0 saturated heterocycles. The van der Waals surface area contributed by atoms with Crippen LogP contribution in [-0.4, -0.2) is 11.3 Å². The first-order valence-electron chi connectivity index (χ1n) is 45.5. The van der Waals surface area contributed by atoms with Crippen LogP contribution in [0.3, 0.4) is 0 Å². The van der Waals surface area contributed by atoms with Crippen LogP contribution in [0.15, 0.2) is 394 Å². The first-order chi connectivity index (χ1) is 61.3. The van der Waals surface area contributed by atoms with Crippen LogP contribution in [0, 0.1) is 0 Å². The molecule has 0 radical (unpaired) electrons. The highest BCUT2D eigenvalue weighted by Gasteiger charge is 2.50. The summed E-state index contributed by atoms with van der Waals surface area (Å²) in [5.74, 6) is 0. The van der Waals surface area contributed by atoms with Gasteiger partial charge < -0.3 is 14.4 Å². The number of anilines is 6. The monoisotopic (exact) mass is 1530 g/mol. The molecule has 1 aromatic heterocycles. The second kappa shape index (κ2) is 28.3. The Balaban J connectivity index is 0.965. The van der Waals surface area contributed by atoms with Gasteiger partial charge in [0, 0.05) is 61.5 Å². The predicted molar refractivity (Wildman–Crippen MR) is 506 cm³/mol. The van der Waals surface area contributed by atoms with Crippen molar-refractivity contribution >= 4 is 79.0 Å². The first-order valence-corrected chi connectivity index (χ1v) is 41.5. The summed E-state index contributed by atoms with van der Waals surface area (Å²) in [7, 11) is 0. The molecule has 1 unspecified atom stereocenters. The molecule has 4 heteroatoms. The summed E-state index contributed by atoms with van der Waals surface area (Å²) in [5.41, 5.74) is 31.8. The van der Waals surface area contributed by atoms with E-state index in [2.05, 4.69) is 412 Å². The molecule has 0 N–H and O–H groups in total. The zero-order chi connectivity index (χ0) is 87.6. The van der Waals surface area contributed by atoms with Gasteiger partial charge in [0.25, 0.3) is 6.71 Å². The van der Waals surface area contributed by atoms with E-state index >= 15 is 0 Å². The molecule has 1 aliphatic carbocycles. The SMILES string of the molecule is [2H]c1c([2H])c([2H])c2c(c1[2H])c1c([2H])c([2H])c([2H])c([2H])c1n2-c1ccc2c(c1)N(c1c(-c3ccccc3)cc(C(C)(C)C)cc1-c1ccccc1)c1cc(-c3cccc(C(C)(C)C)c3)cc3c1B2c1ccc(-c2cccc4c2C(c2ccccc2)(c2cccc(-c5ccccc5)c2)c2ccccc2-4)cc1N3c1c(-c2ccccc2)cc(C(C)(C)C)cc1-c1ccccc1. The van der Waals surface area contributed by atoms with Crippen LogP contribution in [0.4, 0.5) is 34.1 Å². The van der Waals surface area contributed by atoms with Crippen molar-refractivity contribution in [3.63, 3.8) is 0 Å². The maximum atomic E-state index is 10.0. The van der Waals surface area contributed by atoms with Crippen molar-refractivity contribution in [1.29, 1.82) is 0 Å². The molecule has 0 spiro atoms. The average Bonchev–Trinajstić information content (AvgIpc) is 1.54. The summed E-state index contributed by atoms with van der Waals surface area (Å²) in [6.45, 7) is 20.0. The summed E-state index contributed by atoms with van der Waals surface area (Å²) in [6.07, 6.45) is 0. The van der Waals surface area contributed by atoms with Crippen LogP contribution in [-0.2, 0) is 21.7 Å². The van der Waals surface area contributed by atoms with E-state index in [1.54, 1.807) is 4.57 Å². The first kappa shape index (κ1) is 64.4. The van der Waals surface area contributed by atoms with Gasteiger partial charge >= 0.3 is 0 Å². The zero-order valence-corrected chi connectivity index (χ0v) is 68.3. The maximum absolute atomic E-state index is 10.0. The predicted octanol–water partition coefficient (Wildman–Crippen LogP) is 28.8. The summed E-state index contributed by atoms with van der Waals surface area (Å²) in [4.78, 5) is 5.13. The maximum Gasteiger partial charge on any atom is 0.252 e. The fourth-order valence-corrected chi connectivity index (χ4v) is 19.4. The largest absolute Gasteiger partial charge is 0.310 e. The smallest absolute Gasteiger partial charge is 0.252 e. The molecular weight excluding hydrogens is 1430 g/mol. The Morgan fingerprint density at radius 2 is 0.672 bits per heavy atom. The van der Waals surface area contributed by atoms with Crippen molar-refractivity contribution in [2.75, 3.05) is 9.80 Å². The lowest BCUT2D eigenvalue weighted by Crippen LogP contribution is -2.61. The average molecular weight is 1530 g/mol. The number of fused-ring (bicyclic) bond motifs is 10. The highest BCUT2D eigenvalue weighted by molar-refractivity contribution is 7.00. The summed E-state index contributed by atoms with van der Waals surface area (Å²) >= 11 is 0. The lowest BCUT2D eigenvalue weighted by Gasteiger charge is -2.46. The third-order valence-corrected chi connectivity index (χ3v) is 25.1. The lowest BCUT2D eigenvalue weighted by atomic mass is 9.33. The fraction of sp³-hybridized carbons (Fsp3) is 0.113. The minimum Gasteiger partial charge on any atom is -0.310 e. The Hall–Kier alpha value is -13.8. The molecule has 3 aliphatic rings. The molecule has 1 atom stereocenters. The number of hydrogen-bond donors (Lipinski definition) is 0. The minimum absolute atomic E-state index is 0.00206. The normalized spacial score (nSPS) is 15.0. The van der Waals surface area contributed by atoms with Crippen LogP contribution >= 0.6 is 0 Å². The van der Waals surface area contributed by atoms with Gasteiger partial charge in [0.2, 0.25) is 0 Å². The number of nitrogens with zero attached hydrogens (tertiary/aromatic N) is 3. The van der Waals surface area contributed by atoms with Crippen molar-refractivity contribution in [3.8, 4) is 94.7 Å². The van der Waals surface area contributed by atoms with Gasteiger partial charge in [0.05, 0.1) is 38.8 Å². The third kappa shape index (κ3) is 12.0. The van der Waals surface area contributed by atoms with E-state index in [1.807, 2.05) is 6.07 Å². The van der Waals surface area contributed by atoms with Crippen molar-refractivity contribution in [2.24, 2.45) is 0 Å². The molecule has 119 heavy (non-hydrogen) atoms. The Labute approximate surface area is 711 Å². The molecule has 0 amide bonds. The fourth-order valence-electron chi connectivity index (χ4n) is 19.4. The van der Waals surface area contributed by atoms with E-state index in [4.69, 9.17) is 0 Å². The quantitative estimate of drug-likeness (QED) is 0.113. The second-order valence-corrected chi connectivity index (χ2v) is 35.3. The Morgan fingerprint density at radius 1 is 0.277 bits per heavy atom. The van der Waals surface area contributed by atoms with Crippen molar-refractivity contribution in [2.45, 2.75) is 84.0 Å². The van der Waals surface area contributed by atoms with E-state index in [-0.39, 0.29) is 50.1 Å². The number of benzene rings is 17. The molecule has 17 aromatic carbocycles. The summed E-state index contributed by atoms with van der Waals surface area (Å²) in [6, 6.07) is 124. The molecule has 0 saturated carbocycles. The topological polar surface area (TPSA) is 11.4 Å². The number of rotatable bonds is 12. The van der Waals surface area contributed by atoms with E-state index < -0.39 is 48.4 Å². The summed E-state index contributed by atoms with van der Waals surface area (Å²) < 4.78 is 78.6.